The lowest BCUT2D eigenvalue weighted by molar-refractivity contribution is 0.0669. The molecule has 1 N–H and O–H groups in total. The number of piperidine rings is 1. The molecule has 4 rings (SSSR count). The summed E-state index contributed by atoms with van der Waals surface area (Å²) in [5.74, 6) is 1.54. The van der Waals surface area contributed by atoms with Crippen molar-refractivity contribution in [2.45, 2.75) is 32.4 Å². The zero-order valence-corrected chi connectivity index (χ0v) is 17.3. The van der Waals surface area contributed by atoms with Crippen LogP contribution < -0.4 is 9.47 Å². The van der Waals surface area contributed by atoms with Gasteiger partial charge in [-0.05, 0) is 61.7 Å². The van der Waals surface area contributed by atoms with E-state index in [9.17, 15) is 5.11 Å². The smallest absolute Gasteiger partial charge is 0.128 e. The molecule has 3 aromatic rings. The zero-order chi connectivity index (χ0) is 20.4. The molecule has 2 heterocycles. The van der Waals surface area contributed by atoms with E-state index < -0.39 is 0 Å². The molecule has 1 fully saturated rings. The van der Waals surface area contributed by atoms with E-state index in [0.29, 0.717) is 6.54 Å². The molecule has 2 aromatic carbocycles. The van der Waals surface area contributed by atoms with Crippen molar-refractivity contribution in [1.29, 1.82) is 0 Å². The van der Waals surface area contributed by atoms with Gasteiger partial charge in [0.15, 0.2) is 0 Å². The first kappa shape index (κ1) is 19.7. The van der Waals surface area contributed by atoms with E-state index in [2.05, 4.69) is 36.1 Å². The van der Waals surface area contributed by atoms with Crippen LogP contribution in [0, 0.1) is 6.92 Å². The van der Waals surface area contributed by atoms with Crippen molar-refractivity contribution in [3.63, 3.8) is 0 Å². The summed E-state index contributed by atoms with van der Waals surface area (Å²) in [5.41, 5.74) is 5.09. The average molecular weight is 392 g/mol. The third-order valence-electron chi connectivity index (χ3n) is 5.66. The van der Waals surface area contributed by atoms with Crippen molar-refractivity contribution in [3.8, 4) is 22.8 Å². The van der Waals surface area contributed by atoms with Gasteiger partial charge in [0.1, 0.15) is 11.5 Å². The number of β-amino-alcohol motifs (C(OH)–C–C–N with tert-alkyl or cyclic N) is 1. The lowest BCUT2D eigenvalue weighted by atomic mass is 9.99. The zero-order valence-electron chi connectivity index (χ0n) is 17.3. The highest BCUT2D eigenvalue weighted by atomic mass is 16.5. The Balaban J connectivity index is 1.87. The van der Waals surface area contributed by atoms with E-state index in [4.69, 9.17) is 14.5 Å². The van der Waals surface area contributed by atoms with Crippen LogP contribution in [-0.2, 0) is 6.54 Å². The number of methoxy groups -OCH3 is 2. The van der Waals surface area contributed by atoms with Gasteiger partial charge in [-0.15, -0.1) is 0 Å². The Morgan fingerprint density at radius 3 is 2.76 bits per heavy atom. The number of aliphatic hydroxyl groups is 1. The molecule has 1 aliphatic rings. The van der Waals surface area contributed by atoms with Crippen LogP contribution in [0.15, 0.2) is 42.5 Å². The second-order valence-electron chi connectivity index (χ2n) is 7.74. The van der Waals surface area contributed by atoms with E-state index in [1.807, 2.05) is 18.2 Å². The molecule has 0 amide bonds. The minimum absolute atomic E-state index is 0.255. The van der Waals surface area contributed by atoms with E-state index in [1.165, 1.54) is 0 Å². The van der Waals surface area contributed by atoms with Crippen LogP contribution in [-0.4, -0.2) is 48.4 Å². The molecule has 5 heteroatoms. The van der Waals surface area contributed by atoms with Gasteiger partial charge >= 0.3 is 0 Å². The van der Waals surface area contributed by atoms with Gasteiger partial charge in [0.25, 0.3) is 0 Å². The van der Waals surface area contributed by atoms with Gasteiger partial charge in [-0.25, -0.2) is 4.98 Å². The number of likely N-dealkylation sites (tertiary alicyclic amines) is 1. The summed E-state index contributed by atoms with van der Waals surface area (Å²) in [7, 11) is 3.35. The molecule has 1 aliphatic heterocycles. The highest BCUT2D eigenvalue weighted by Gasteiger charge is 2.21. The fourth-order valence-electron chi connectivity index (χ4n) is 4.16. The van der Waals surface area contributed by atoms with Crippen LogP contribution >= 0.6 is 0 Å². The fourth-order valence-corrected chi connectivity index (χ4v) is 4.16. The maximum Gasteiger partial charge on any atom is 0.128 e. The molecular weight excluding hydrogens is 364 g/mol. The molecule has 0 unspecified atom stereocenters. The standard InChI is InChI=1S/C24H28N2O3/c1-16-6-4-7-17-12-18(14-26-11-5-8-19(27)15-26)24(25-23(16)17)21-13-20(28-2)9-10-22(21)29-3/h4,6-7,9-10,12-13,19,27H,5,8,11,14-15H2,1-3H3/t19-/m0/s1. The Labute approximate surface area is 171 Å². The summed E-state index contributed by atoms with van der Waals surface area (Å²) in [4.78, 5) is 7.40. The first-order valence-electron chi connectivity index (χ1n) is 10.1. The number of aromatic nitrogens is 1. The molecule has 0 saturated carbocycles. The summed E-state index contributed by atoms with van der Waals surface area (Å²) in [6.45, 7) is 4.50. The monoisotopic (exact) mass is 392 g/mol. The number of hydrogen-bond donors (Lipinski definition) is 1. The van der Waals surface area contributed by atoms with Gasteiger partial charge in [0, 0.05) is 24.0 Å². The van der Waals surface area contributed by atoms with Crippen LogP contribution in [0.4, 0.5) is 0 Å². The number of fused-ring (bicyclic) bond motifs is 1. The third-order valence-corrected chi connectivity index (χ3v) is 5.66. The third kappa shape index (κ3) is 4.07. The number of aryl methyl sites for hydroxylation is 1. The number of benzene rings is 2. The molecule has 0 bridgehead atoms. The average Bonchev–Trinajstić information content (AvgIpc) is 2.73. The van der Waals surface area contributed by atoms with Crippen molar-refractivity contribution in [3.05, 3.63) is 53.6 Å². The minimum atomic E-state index is -0.255. The molecule has 0 radical (unpaired) electrons. The number of hydrogen-bond acceptors (Lipinski definition) is 5. The van der Waals surface area contributed by atoms with Crippen molar-refractivity contribution in [2.24, 2.45) is 0 Å². The molecule has 29 heavy (non-hydrogen) atoms. The molecule has 0 spiro atoms. The molecule has 1 aromatic heterocycles. The number of pyridine rings is 1. The Hall–Kier alpha value is -2.63. The van der Waals surface area contributed by atoms with Crippen molar-refractivity contribution in [2.75, 3.05) is 27.3 Å². The lowest BCUT2D eigenvalue weighted by Crippen LogP contribution is -2.37. The second kappa shape index (κ2) is 8.39. The predicted octanol–water partition coefficient (Wildman–Crippen LogP) is 4.18. The van der Waals surface area contributed by atoms with Crippen LogP contribution in [0.5, 0.6) is 11.5 Å². The molecule has 1 saturated heterocycles. The van der Waals surface area contributed by atoms with Gasteiger partial charge in [-0.2, -0.15) is 0 Å². The van der Waals surface area contributed by atoms with Gasteiger partial charge in [-0.1, -0.05) is 18.2 Å². The largest absolute Gasteiger partial charge is 0.497 e. The van der Waals surface area contributed by atoms with Crippen molar-refractivity contribution >= 4 is 10.9 Å². The van der Waals surface area contributed by atoms with Gasteiger partial charge in [0.05, 0.1) is 31.5 Å². The van der Waals surface area contributed by atoms with Crippen LogP contribution in [0.25, 0.3) is 22.2 Å². The first-order chi connectivity index (χ1) is 14.1. The first-order valence-corrected chi connectivity index (χ1v) is 10.1. The molecule has 0 aliphatic carbocycles. The number of para-hydroxylation sites is 1. The van der Waals surface area contributed by atoms with E-state index in [-0.39, 0.29) is 6.10 Å². The summed E-state index contributed by atoms with van der Waals surface area (Å²) in [6.07, 6.45) is 1.63. The number of aliphatic hydroxyl groups excluding tert-OH is 1. The molecule has 1 atom stereocenters. The summed E-state index contributed by atoms with van der Waals surface area (Å²) in [5, 5.41) is 11.2. The topological polar surface area (TPSA) is 54.8 Å². The van der Waals surface area contributed by atoms with E-state index in [0.717, 1.165) is 70.7 Å². The Kier molecular flexibility index (Phi) is 5.69. The lowest BCUT2D eigenvalue weighted by Gasteiger charge is -2.30. The molecular formula is C24H28N2O3. The summed E-state index contributed by atoms with van der Waals surface area (Å²) >= 11 is 0. The predicted molar refractivity (Wildman–Crippen MR) is 116 cm³/mol. The highest BCUT2D eigenvalue weighted by Crippen LogP contribution is 2.36. The van der Waals surface area contributed by atoms with Gasteiger partial charge in [-0.3, -0.25) is 4.90 Å². The Morgan fingerprint density at radius 2 is 2.00 bits per heavy atom. The highest BCUT2D eigenvalue weighted by molar-refractivity contribution is 5.87. The summed E-state index contributed by atoms with van der Waals surface area (Å²) in [6, 6.07) is 14.3. The second-order valence-corrected chi connectivity index (χ2v) is 7.74. The number of ether oxygens (including phenoxy) is 2. The Bertz CT molecular complexity index is 1020. The number of rotatable bonds is 5. The van der Waals surface area contributed by atoms with Crippen molar-refractivity contribution in [1.82, 2.24) is 9.88 Å². The van der Waals surface area contributed by atoms with Crippen LogP contribution in [0.1, 0.15) is 24.0 Å². The number of nitrogens with zero attached hydrogens (tertiary/aromatic N) is 2. The molecule has 152 valence electrons. The van der Waals surface area contributed by atoms with E-state index >= 15 is 0 Å². The van der Waals surface area contributed by atoms with Gasteiger partial charge in [0.2, 0.25) is 0 Å². The van der Waals surface area contributed by atoms with E-state index in [1.54, 1.807) is 14.2 Å². The Morgan fingerprint density at radius 1 is 1.14 bits per heavy atom. The minimum Gasteiger partial charge on any atom is -0.497 e. The SMILES string of the molecule is COc1ccc(OC)c(-c2nc3c(C)cccc3cc2CN2CCC[C@H](O)C2)c1. The van der Waals surface area contributed by atoms with Crippen LogP contribution in [0.2, 0.25) is 0 Å². The molecule has 5 nitrogen and oxygen atoms in total. The van der Waals surface area contributed by atoms with Gasteiger partial charge < -0.3 is 14.6 Å². The van der Waals surface area contributed by atoms with Crippen LogP contribution in [0.3, 0.4) is 0 Å². The maximum absolute atomic E-state index is 10.1. The van der Waals surface area contributed by atoms with Crippen molar-refractivity contribution < 1.29 is 14.6 Å². The fraction of sp³-hybridized carbons (Fsp3) is 0.375. The normalized spacial score (nSPS) is 17.4. The summed E-state index contributed by atoms with van der Waals surface area (Å²) < 4.78 is 11.1. The quantitative estimate of drug-likeness (QED) is 0.706. The maximum atomic E-state index is 10.1.